The van der Waals surface area contributed by atoms with Gasteiger partial charge in [0.2, 0.25) is 5.95 Å². The molecule has 3 N–H and O–H groups in total. The largest absolute Gasteiger partial charge is 0.370 e. The van der Waals surface area contributed by atoms with Gasteiger partial charge in [0.25, 0.3) is 0 Å². The van der Waals surface area contributed by atoms with E-state index >= 15 is 0 Å². The highest BCUT2D eigenvalue weighted by molar-refractivity contribution is 7.84. The Kier molecular flexibility index (Phi) is 4.48. The van der Waals surface area contributed by atoms with E-state index in [1.54, 1.807) is 18.5 Å². The van der Waals surface area contributed by atoms with Gasteiger partial charge in [-0.05, 0) is 12.5 Å². The number of nitrogens with zero attached hydrogens (tertiary/aromatic N) is 2. The van der Waals surface area contributed by atoms with Crippen molar-refractivity contribution in [2.24, 2.45) is 0 Å². The van der Waals surface area contributed by atoms with Gasteiger partial charge in [0.15, 0.2) is 0 Å². The van der Waals surface area contributed by atoms with Gasteiger partial charge >= 0.3 is 0 Å². The zero-order valence-corrected chi connectivity index (χ0v) is 9.75. The van der Waals surface area contributed by atoms with Crippen molar-refractivity contribution >= 4 is 22.6 Å². The van der Waals surface area contributed by atoms with E-state index < -0.39 is 10.8 Å². The lowest BCUT2D eigenvalue weighted by molar-refractivity contribution is 0.672. The van der Waals surface area contributed by atoms with Crippen LogP contribution in [-0.4, -0.2) is 32.2 Å². The lowest BCUT2D eigenvalue weighted by atomic mass is 10.3. The third-order valence-corrected chi connectivity index (χ3v) is 3.47. The van der Waals surface area contributed by atoms with Crippen LogP contribution in [0.3, 0.4) is 0 Å². The normalized spacial score (nSPS) is 14.5. The molecule has 1 heterocycles. The molecule has 0 aliphatic carbocycles. The molecule has 0 saturated heterocycles. The highest BCUT2D eigenvalue weighted by atomic mass is 32.2. The summed E-state index contributed by atoms with van der Waals surface area (Å²) < 4.78 is 11.1. The van der Waals surface area contributed by atoms with E-state index in [2.05, 4.69) is 15.3 Å². The molecule has 84 valence electrons. The first-order valence-electron chi connectivity index (χ1n) is 4.74. The summed E-state index contributed by atoms with van der Waals surface area (Å²) in [6.07, 6.45) is 4.16. The summed E-state index contributed by atoms with van der Waals surface area (Å²) in [6.45, 7) is 2.70. The lowest BCUT2D eigenvalue weighted by Gasteiger charge is -2.09. The minimum atomic E-state index is -0.770. The fourth-order valence-corrected chi connectivity index (χ4v) is 1.49. The first-order chi connectivity index (χ1) is 7.09. The molecule has 6 heteroatoms. The molecule has 1 aromatic heterocycles. The summed E-state index contributed by atoms with van der Waals surface area (Å²) in [6, 6.07) is 1.75. The minimum Gasteiger partial charge on any atom is -0.370 e. The van der Waals surface area contributed by atoms with Crippen LogP contribution in [0.25, 0.3) is 0 Å². The summed E-state index contributed by atoms with van der Waals surface area (Å²) in [7, 11) is -0.770. The maximum atomic E-state index is 11.1. The fraction of sp³-hybridized carbons (Fsp3) is 0.556. The van der Waals surface area contributed by atoms with E-state index in [1.807, 2.05) is 6.92 Å². The van der Waals surface area contributed by atoms with Crippen LogP contribution in [0, 0.1) is 0 Å². The fourth-order valence-electron chi connectivity index (χ4n) is 1.04. The number of nitrogen functional groups attached to an aromatic ring is 1. The Hall–Kier alpha value is -1.17. The second kappa shape index (κ2) is 5.65. The summed E-state index contributed by atoms with van der Waals surface area (Å²) in [5, 5.41) is 3.30. The molecule has 2 unspecified atom stereocenters. The van der Waals surface area contributed by atoms with Crippen molar-refractivity contribution in [3.63, 3.8) is 0 Å². The molecule has 0 aliphatic rings. The van der Waals surface area contributed by atoms with Crippen LogP contribution in [-0.2, 0) is 10.8 Å². The van der Waals surface area contributed by atoms with Crippen molar-refractivity contribution in [2.75, 3.05) is 23.9 Å². The molecule has 0 aliphatic heterocycles. The molecule has 0 spiro atoms. The number of nitrogens with one attached hydrogen (secondary N) is 1. The topological polar surface area (TPSA) is 80.9 Å². The van der Waals surface area contributed by atoms with Gasteiger partial charge < -0.3 is 11.1 Å². The third kappa shape index (κ3) is 4.24. The molecule has 1 rings (SSSR count). The molecule has 5 nitrogen and oxygen atoms in total. The molecular weight excluding hydrogens is 212 g/mol. The lowest BCUT2D eigenvalue weighted by Crippen LogP contribution is -2.15. The first-order valence-corrected chi connectivity index (χ1v) is 6.36. The Morgan fingerprint density at radius 2 is 2.40 bits per heavy atom. The standard InChI is InChI=1S/C9H16N4OS/c1-7(15(2)14)3-5-11-8-4-6-12-9(10)13-8/h4,6-7H,3,5H2,1-2H3,(H3,10,11,12,13). The Labute approximate surface area is 92.0 Å². The molecule has 2 atom stereocenters. The maximum absolute atomic E-state index is 11.1. The third-order valence-electron chi connectivity index (χ3n) is 2.10. The molecule has 15 heavy (non-hydrogen) atoms. The minimum absolute atomic E-state index is 0.191. The van der Waals surface area contributed by atoms with E-state index in [-0.39, 0.29) is 11.2 Å². The zero-order chi connectivity index (χ0) is 11.3. The number of hydrogen-bond donors (Lipinski definition) is 2. The molecular formula is C9H16N4OS. The van der Waals surface area contributed by atoms with Crippen molar-refractivity contribution in [3.8, 4) is 0 Å². The molecule has 1 aromatic rings. The van der Waals surface area contributed by atoms with Crippen molar-refractivity contribution in [1.29, 1.82) is 0 Å². The van der Waals surface area contributed by atoms with E-state index in [0.717, 1.165) is 13.0 Å². The smallest absolute Gasteiger partial charge is 0.221 e. The van der Waals surface area contributed by atoms with Gasteiger partial charge in [0.05, 0.1) is 0 Å². The molecule has 0 saturated carbocycles. The number of hydrogen-bond acceptors (Lipinski definition) is 5. The SMILES string of the molecule is CC(CCNc1ccnc(N)n1)S(C)=O. The summed E-state index contributed by atoms with van der Waals surface area (Å²) in [4.78, 5) is 7.78. The van der Waals surface area contributed by atoms with Gasteiger partial charge in [0.1, 0.15) is 5.82 Å². The van der Waals surface area contributed by atoms with E-state index in [0.29, 0.717) is 5.82 Å². The van der Waals surface area contributed by atoms with Gasteiger partial charge in [-0.3, -0.25) is 4.21 Å². The van der Waals surface area contributed by atoms with Gasteiger partial charge in [0, 0.05) is 35.0 Å². The van der Waals surface area contributed by atoms with Crippen LogP contribution >= 0.6 is 0 Å². The second-order valence-electron chi connectivity index (χ2n) is 3.32. The van der Waals surface area contributed by atoms with Crippen LogP contribution in [0.15, 0.2) is 12.3 Å². The average Bonchev–Trinajstić information content (AvgIpc) is 2.17. The Morgan fingerprint density at radius 3 is 3.00 bits per heavy atom. The highest BCUT2D eigenvalue weighted by Gasteiger charge is 2.05. The monoisotopic (exact) mass is 228 g/mol. The predicted molar refractivity (Wildman–Crippen MR) is 63.1 cm³/mol. The summed E-state index contributed by atoms with van der Waals surface area (Å²) >= 11 is 0. The number of anilines is 2. The van der Waals surface area contributed by atoms with Gasteiger partial charge in [-0.1, -0.05) is 6.92 Å². The number of aromatic nitrogens is 2. The van der Waals surface area contributed by atoms with Crippen molar-refractivity contribution in [3.05, 3.63) is 12.3 Å². The van der Waals surface area contributed by atoms with E-state index in [1.165, 1.54) is 0 Å². The van der Waals surface area contributed by atoms with Crippen LogP contribution in [0.1, 0.15) is 13.3 Å². The van der Waals surface area contributed by atoms with E-state index in [9.17, 15) is 4.21 Å². The Morgan fingerprint density at radius 1 is 1.67 bits per heavy atom. The molecule has 0 aromatic carbocycles. The molecule has 0 bridgehead atoms. The average molecular weight is 228 g/mol. The van der Waals surface area contributed by atoms with Crippen molar-refractivity contribution in [2.45, 2.75) is 18.6 Å². The van der Waals surface area contributed by atoms with Crippen LogP contribution in [0.5, 0.6) is 0 Å². The predicted octanol–water partition coefficient (Wildman–Crippen LogP) is 0.628. The first kappa shape index (κ1) is 11.9. The zero-order valence-electron chi connectivity index (χ0n) is 8.93. The number of rotatable bonds is 5. The van der Waals surface area contributed by atoms with Gasteiger partial charge in [-0.25, -0.2) is 4.98 Å². The van der Waals surface area contributed by atoms with E-state index in [4.69, 9.17) is 5.73 Å². The quantitative estimate of drug-likeness (QED) is 0.772. The number of nitrogens with two attached hydrogens (primary N) is 1. The van der Waals surface area contributed by atoms with Crippen molar-refractivity contribution < 1.29 is 4.21 Å². The second-order valence-corrected chi connectivity index (χ2v) is 5.13. The molecule has 0 fully saturated rings. The van der Waals surface area contributed by atoms with Gasteiger partial charge in [-0.15, -0.1) is 0 Å². The Bertz CT molecular complexity index is 345. The summed E-state index contributed by atoms with van der Waals surface area (Å²) in [5.74, 6) is 0.962. The highest BCUT2D eigenvalue weighted by Crippen LogP contribution is 2.04. The molecule has 0 radical (unpaired) electrons. The van der Waals surface area contributed by atoms with Crippen LogP contribution in [0.2, 0.25) is 0 Å². The maximum Gasteiger partial charge on any atom is 0.221 e. The van der Waals surface area contributed by atoms with Gasteiger partial charge in [-0.2, -0.15) is 4.98 Å². The molecule has 0 amide bonds. The summed E-state index contributed by atoms with van der Waals surface area (Å²) in [5.41, 5.74) is 5.43. The van der Waals surface area contributed by atoms with Crippen LogP contribution in [0.4, 0.5) is 11.8 Å². The van der Waals surface area contributed by atoms with Crippen molar-refractivity contribution in [1.82, 2.24) is 9.97 Å². The Balaban J connectivity index is 2.35. The van der Waals surface area contributed by atoms with Crippen LogP contribution < -0.4 is 11.1 Å².